The molecule has 100 valence electrons. The first-order valence-corrected chi connectivity index (χ1v) is 6.20. The summed E-state index contributed by atoms with van der Waals surface area (Å²) in [7, 11) is 1.80. The Hall–Kier alpha value is -2.37. The lowest BCUT2D eigenvalue weighted by atomic mass is 10.2. The molecule has 2 aromatic rings. The molecule has 0 aromatic carbocycles. The number of carbonyl (C=O) groups excluding carboxylic acids is 1. The Balaban J connectivity index is 1.99. The maximum Gasteiger partial charge on any atom is 0.258 e. The SMILES string of the molecule is CCCNc1ccc(C(=O)Nc2ccn(C)n2)cn1. The molecule has 0 aliphatic heterocycles. The lowest BCUT2D eigenvalue weighted by molar-refractivity contribution is 0.102. The van der Waals surface area contributed by atoms with Crippen molar-refractivity contribution in [2.75, 3.05) is 17.2 Å². The molecule has 0 saturated carbocycles. The number of nitrogens with one attached hydrogen (secondary N) is 2. The van der Waals surface area contributed by atoms with E-state index >= 15 is 0 Å². The molecule has 6 heteroatoms. The normalized spacial score (nSPS) is 10.2. The van der Waals surface area contributed by atoms with E-state index in [1.807, 2.05) is 0 Å². The highest BCUT2D eigenvalue weighted by Crippen LogP contribution is 2.08. The number of rotatable bonds is 5. The van der Waals surface area contributed by atoms with Gasteiger partial charge in [0.15, 0.2) is 5.82 Å². The summed E-state index contributed by atoms with van der Waals surface area (Å²) in [6, 6.07) is 5.27. The summed E-state index contributed by atoms with van der Waals surface area (Å²) in [5.74, 6) is 1.09. The summed E-state index contributed by atoms with van der Waals surface area (Å²) in [5.41, 5.74) is 0.507. The molecule has 0 aliphatic rings. The van der Waals surface area contributed by atoms with Crippen LogP contribution < -0.4 is 10.6 Å². The van der Waals surface area contributed by atoms with Gasteiger partial charge in [-0.05, 0) is 18.6 Å². The number of aromatic nitrogens is 3. The Morgan fingerprint density at radius 2 is 2.16 bits per heavy atom. The Morgan fingerprint density at radius 1 is 1.32 bits per heavy atom. The van der Waals surface area contributed by atoms with E-state index in [0.717, 1.165) is 18.8 Å². The molecular formula is C13H17N5O. The van der Waals surface area contributed by atoms with Crippen LogP contribution in [0.3, 0.4) is 0 Å². The smallest absolute Gasteiger partial charge is 0.258 e. The van der Waals surface area contributed by atoms with Crippen LogP contribution in [0, 0.1) is 0 Å². The van der Waals surface area contributed by atoms with Crippen LogP contribution in [0.25, 0.3) is 0 Å². The Morgan fingerprint density at radius 3 is 2.74 bits per heavy atom. The third-order valence-electron chi connectivity index (χ3n) is 2.54. The highest BCUT2D eigenvalue weighted by Gasteiger charge is 2.08. The van der Waals surface area contributed by atoms with Crippen LogP contribution in [-0.4, -0.2) is 27.2 Å². The second-order valence-corrected chi connectivity index (χ2v) is 4.19. The van der Waals surface area contributed by atoms with E-state index in [4.69, 9.17) is 0 Å². The number of hydrogen-bond acceptors (Lipinski definition) is 4. The van der Waals surface area contributed by atoms with E-state index in [2.05, 4.69) is 27.6 Å². The summed E-state index contributed by atoms with van der Waals surface area (Å²) in [6.45, 7) is 2.95. The number of anilines is 2. The lowest BCUT2D eigenvalue weighted by Crippen LogP contribution is -2.13. The monoisotopic (exact) mass is 259 g/mol. The van der Waals surface area contributed by atoms with Gasteiger partial charge in [-0.2, -0.15) is 5.10 Å². The van der Waals surface area contributed by atoms with Gasteiger partial charge in [0, 0.05) is 32.1 Å². The van der Waals surface area contributed by atoms with Crippen molar-refractivity contribution in [3.63, 3.8) is 0 Å². The van der Waals surface area contributed by atoms with Crippen molar-refractivity contribution in [3.8, 4) is 0 Å². The number of carbonyl (C=O) groups is 1. The molecule has 2 N–H and O–H groups in total. The van der Waals surface area contributed by atoms with Crippen molar-refractivity contribution in [2.45, 2.75) is 13.3 Å². The fraction of sp³-hybridized carbons (Fsp3) is 0.308. The molecule has 1 amide bonds. The minimum Gasteiger partial charge on any atom is -0.370 e. The number of hydrogen-bond donors (Lipinski definition) is 2. The predicted molar refractivity (Wildman–Crippen MR) is 74.2 cm³/mol. The van der Waals surface area contributed by atoms with E-state index in [0.29, 0.717) is 11.4 Å². The average Bonchev–Trinajstić information content (AvgIpc) is 2.82. The largest absolute Gasteiger partial charge is 0.370 e. The van der Waals surface area contributed by atoms with Crippen LogP contribution >= 0.6 is 0 Å². The molecule has 0 fully saturated rings. The summed E-state index contributed by atoms with van der Waals surface area (Å²) < 4.78 is 1.63. The molecule has 2 heterocycles. The zero-order valence-electron chi connectivity index (χ0n) is 11.1. The van der Waals surface area contributed by atoms with Crippen LogP contribution in [0.4, 0.5) is 11.6 Å². The summed E-state index contributed by atoms with van der Waals surface area (Å²) in [6.07, 6.45) is 4.35. The zero-order chi connectivity index (χ0) is 13.7. The van der Waals surface area contributed by atoms with E-state index in [-0.39, 0.29) is 5.91 Å². The Bertz CT molecular complexity index is 546. The number of pyridine rings is 1. The molecule has 2 aromatic heterocycles. The zero-order valence-corrected chi connectivity index (χ0v) is 11.1. The van der Waals surface area contributed by atoms with Gasteiger partial charge in [0.2, 0.25) is 0 Å². The summed E-state index contributed by atoms with van der Waals surface area (Å²) >= 11 is 0. The van der Waals surface area contributed by atoms with Crippen molar-refractivity contribution < 1.29 is 4.79 Å². The predicted octanol–water partition coefficient (Wildman–Crippen LogP) is 1.89. The molecular weight excluding hydrogens is 242 g/mol. The standard InChI is InChI=1S/C13H17N5O/c1-3-7-14-11-5-4-10(9-15-11)13(19)16-12-6-8-18(2)17-12/h4-6,8-9H,3,7H2,1-2H3,(H,14,15)(H,16,17,19). The van der Waals surface area contributed by atoms with Crippen LogP contribution in [0.2, 0.25) is 0 Å². The minimum atomic E-state index is -0.215. The second-order valence-electron chi connectivity index (χ2n) is 4.19. The van der Waals surface area contributed by atoms with Gasteiger partial charge in [-0.15, -0.1) is 0 Å². The number of amides is 1. The molecule has 0 aliphatic carbocycles. The lowest BCUT2D eigenvalue weighted by Gasteiger charge is -2.05. The average molecular weight is 259 g/mol. The molecule has 0 unspecified atom stereocenters. The van der Waals surface area contributed by atoms with Crippen LogP contribution in [0.15, 0.2) is 30.6 Å². The number of aryl methyl sites for hydroxylation is 1. The van der Waals surface area contributed by atoms with Crippen LogP contribution in [0.1, 0.15) is 23.7 Å². The first-order chi connectivity index (χ1) is 9.19. The highest BCUT2D eigenvalue weighted by atomic mass is 16.1. The van der Waals surface area contributed by atoms with Crippen molar-refractivity contribution in [1.82, 2.24) is 14.8 Å². The third kappa shape index (κ3) is 3.54. The molecule has 6 nitrogen and oxygen atoms in total. The maximum atomic E-state index is 11.9. The van der Waals surface area contributed by atoms with Crippen molar-refractivity contribution in [3.05, 3.63) is 36.2 Å². The quantitative estimate of drug-likeness (QED) is 0.860. The van der Waals surface area contributed by atoms with E-state index in [1.165, 1.54) is 0 Å². The van der Waals surface area contributed by atoms with E-state index in [1.54, 1.807) is 42.3 Å². The topological polar surface area (TPSA) is 71.8 Å². The molecule has 0 spiro atoms. The minimum absolute atomic E-state index is 0.215. The number of nitrogens with zero attached hydrogens (tertiary/aromatic N) is 3. The van der Waals surface area contributed by atoms with E-state index in [9.17, 15) is 4.79 Å². The fourth-order valence-electron chi connectivity index (χ4n) is 1.56. The van der Waals surface area contributed by atoms with Gasteiger partial charge in [0.05, 0.1) is 5.56 Å². The molecule has 0 saturated heterocycles. The first-order valence-electron chi connectivity index (χ1n) is 6.20. The second kappa shape index (κ2) is 5.99. The Kier molecular flexibility index (Phi) is 4.12. The van der Waals surface area contributed by atoms with Gasteiger partial charge in [0.1, 0.15) is 5.82 Å². The third-order valence-corrected chi connectivity index (χ3v) is 2.54. The van der Waals surface area contributed by atoms with Gasteiger partial charge in [-0.1, -0.05) is 6.92 Å². The molecule has 0 bridgehead atoms. The van der Waals surface area contributed by atoms with Gasteiger partial charge in [-0.3, -0.25) is 9.48 Å². The van der Waals surface area contributed by atoms with Gasteiger partial charge >= 0.3 is 0 Å². The molecule has 19 heavy (non-hydrogen) atoms. The first kappa shape index (κ1) is 13.1. The highest BCUT2D eigenvalue weighted by molar-refractivity contribution is 6.03. The Labute approximate surface area is 111 Å². The molecule has 2 rings (SSSR count). The summed E-state index contributed by atoms with van der Waals surface area (Å²) in [5, 5.41) is 9.95. The molecule has 0 atom stereocenters. The maximum absolute atomic E-state index is 11.9. The fourth-order valence-corrected chi connectivity index (χ4v) is 1.56. The summed E-state index contributed by atoms with van der Waals surface area (Å²) in [4.78, 5) is 16.1. The van der Waals surface area contributed by atoms with Crippen molar-refractivity contribution >= 4 is 17.5 Å². The van der Waals surface area contributed by atoms with Crippen molar-refractivity contribution in [1.29, 1.82) is 0 Å². The van der Waals surface area contributed by atoms with Crippen LogP contribution in [-0.2, 0) is 7.05 Å². The van der Waals surface area contributed by atoms with Gasteiger partial charge in [-0.25, -0.2) is 4.98 Å². The molecule has 0 radical (unpaired) electrons. The van der Waals surface area contributed by atoms with Crippen LogP contribution in [0.5, 0.6) is 0 Å². The van der Waals surface area contributed by atoms with Gasteiger partial charge in [0.25, 0.3) is 5.91 Å². The van der Waals surface area contributed by atoms with E-state index < -0.39 is 0 Å². The van der Waals surface area contributed by atoms with Crippen molar-refractivity contribution in [2.24, 2.45) is 7.05 Å². The van der Waals surface area contributed by atoms with Gasteiger partial charge < -0.3 is 10.6 Å².